The van der Waals surface area contributed by atoms with Crippen molar-refractivity contribution < 1.29 is 14.3 Å². The predicted octanol–water partition coefficient (Wildman–Crippen LogP) is 2.47. The van der Waals surface area contributed by atoms with Gasteiger partial charge >= 0.3 is 6.09 Å². The number of rotatable bonds is 4. The topological polar surface area (TPSA) is 46.6 Å². The third-order valence-electron chi connectivity index (χ3n) is 2.72. The van der Waals surface area contributed by atoms with Crippen molar-refractivity contribution in [2.75, 3.05) is 13.6 Å². The first-order chi connectivity index (χ1) is 7.70. The largest absolute Gasteiger partial charge is 0.444 e. The van der Waals surface area contributed by atoms with E-state index in [0.717, 1.165) is 12.8 Å². The molecule has 0 saturated heterocycles. The number of ketones is 1. The van der Waals surface area contributed by atoms with Gasteiger partial charge in [0.15, 0.2) is 0 Å². The van der Waals surface area contributed by atoms with Crippen molar-refractivity contribution in [3.63, 3.8) is 0 Å². The van der Waals surface area contributed by atoms with E-state index in [4.69, 9.17) is 4.74 Å². The average Bonchev–Trinajstić information content (AvgIpc) is 2.96. The van der Waals surface area contributed by atoms with E-state index in [0.29, 0.717) is 6.54 Å². The van der Waals surface area contributed by atoms with Crippen LogP contribution in [0.25, 0.3) is 0 Å². The first-order valence-corrected chi connectivity index (χ1v) is 6.18. The van der Waals surface area contributed by atoms with Crippen LogP contribution in [0.5, 0.6) is 0 Å². The van der Waals surface area contributed by atoms with Crippen molar-refractivity contribution in [1.82, 2.24) is 4.90 Å². The van der Waals surface area contributed by atoms with E-state index < -0.39 is 5.60 Å². The molecule has 0 radical (unpaired) electrons. The molecule has 0 spiro atoms. The number of carbonyl (C=O) groups is 2. The Morgan fingerprint density at radius 1 is 1.35 bits per heavy atom. The van der Waals surface area contributed by atoms with Crippen LogP contribution < -0.4 is 0 Å². The summed E-state index contributed by atoms with van der Waals surface area (Å²) >= 11 is 0. The first kappa shape index (κ1) is 14.0. The Balaban J connectivity index is 2.39. The fourth-order valence-corrected chi connectivity index (χ4v) is 1.69. The number of hydrogen-bond acceptors (Lipinski definition) is 3. The van der Waals surface area contributed by atoms with Crippen molar-refractivity contribution in [1.29, 1.82) is 0 Å². The molecule has 0 bridgehead atoms. The van der Waals surface area contributed by atoms with Crippen LogP contribution >= 0.6 is 0 Å². The third kappa shape index (κ3) is 4.75. The molecule has 1 saturated carbocycles. The van der Waals surface area contributed by atoms with E-state index in [1.54, 1.807) is 7.05 Å². The van der Waals surface area contributed by atoms with E-state index in [9.17, 15) is 9.59 Å². The van der Waals surface area contributed by atoms with Gasteiger partial charge in [0.1, 0.15) is 11.4 Å². The fraction of sp³-hybridized carbons (Fsp3) is 0.846. The highest BCUT2D eigenvalue weighted by molar-refractivity contribution is 5.85. The van der Waals surface area contributed by atoms with Gasteiger partial charge in [0.25, 0.3) is 0 Å². The zero-order valence-electron chi connectivity index (χ0n) is 11.4. The Kier molecular flexibility index (Phi) is 4.17. The summed E-state index contributed by atoms with van der Waals surface area (Å²) in [5, 5.41) is 0. The molecule has 0 aliphatic heterocycles. The van der Waals surface area contributed by atoms with Gasteiger partial charge in [-0.25, -0.2) is 4.79 Å². The quantitative estimate of drug-likeness (QED) is 0.759. The maximum absolute atomic E-state index is 11.8. The van der Waals surface area contributed by atoms with Gasteiger partial charge in [0, 0.05) is 25.4 Å². The van der Waals surface area contributed by atoms with E-state index in [1.165, 1.54) is 4.90 Å². The monoisotopic (exact) mass is 241 g/mol. The highest BCUT2D eigenvalue weighted by atomic mass is 16.6. The number of amides is 1. The Hall–Kier alpha value is -1.06. The van der Waals surface area contributed by atoms with Crippen molar-refractivity contribution in [2.45, 2.75) is 46.1 Å². The summed E-state index contributed by atoms with van der Waals surface area (Å²) in [6.45, 7) is 7.80. The SMILES string of the molecule is CC(CN(C)C(=O)OC(C)(C)C)C(=O)C1CC1. The van der Waals surface area contributed by atoms with Gasteiger partial charge in [-0.1, -0.05) is 6.92 Å². The summed E-state index contributed by atoms with van der Waals surface area (Å²) in [5.41, 5.74) is -0.491. The molecule has 0 aromatic heterocycles. The highest BCUT2D eigenvalue weighted by Crippen LogP contribution is 2.32. The lowest BCUT2D eigenvalue weighted by Gasteiger charge is -2.26. The summed E-state index contributed by atoms with van der Waals surface area (Å²) in [6, 6.07) is 0. The second kappa shape index (κ2) is 5.07. The third-order valence-corrected chi connectivity index (χ3v) is 2.72. The van der Waals surface area contributed by atoms with Crippen LogP contribution in [-0.4, -0.2) is 36.0 Å². The molecule has 17 heavy (non-hydrogen) atoms. The van der Waals surface area contributed by atoms with Gasteiger partial charge in [0.05, 0.1) is 0 Å². The van der Waals surface area contributed by atoms with E-state index >= 15 is 0 Å². The van der Waals surface area contributed by atoms with Crippen LogP contribution in [0.15, 0.2) is 0 Å². The molecule has 0 N–H and O–H groups in total. The Morgan fingerprint density at radius 2 is 1.88 bits per heavy atom. The maximum atomic E-state index is 11.8. The molecule has 98 valence electrons. The molecule has 1 aliphatic carbocycles. The van der Waals surface area contributed by atoms with Crippen LogP contribution in [0.3, 0.4) is 0 Å². The molecule has 1 atom stereocenters. The van der Waals surface area contributed by atoms with E-state index in [1.807, 2.05) is 27.7 Å². The molecule has 1 fully saturated rings. The van der Waals surface area contributed by atoms with Crippen molar-refractivity contribution in [3.8, 4) is 0 Å². The Morgan fingerprint density at radius 3 is 2.29 bits per heavy atom. The minimum Gasteiger partial charge on any atom is -0.444 e. The summed E-state index contributed by atoms with van der Waals surface area (Å²) in [7, 11) is 1.67. The minimum atomic E-state index is -0.491. The lowest BCUT2D eigenvalue weighted by atomic mass is 10.0. The average molecular weight is 241 g/mol. The van der Waals surface area contributed by atoms with Crippen molar-refractivity contribution in [3.05, 3.63) is 0 Å². The van der Waals surface area contributed by atoms with Crippen LogP contribution in [0.4, 0.5) is 4.79 Å². The van der Waals surface area contributed by atoms with Crippen molar-refractivity contribution in [2.24, 2.45) is 11.8 Å². The zero-order valence-corrected chi connectivity index (χ0v) is 11.4. The lowest BCUT2D eigenvalue weighted by Crippen LogP contribution is -2.38. The summed E-state index contributed by atoms with van der Waals surface area (Å²) < 4.78 is 5.23. The smallest absolute Gasteiger partial charge is 0.410 e. The van der Waals surface area contributed by atoms with Gasteiger partial charge in [-0.2, -0.15) is 0 Å². The van der Waals surface area contributed by atoms with Crippen LogP contribution in [-0.2, 0) is 9.53 Å². The molecular weight excluding hydrogens is 218 g/mol. The molecule has 4 heteroatoms. The molecule has 1 unspecified atom stereocenters. The van der Waals surface area contributed by atoms with Gasteiger partial charge in [-0.15, -0.1) is 0 Å². The maximum Gasteiger partial charge on any atom is 0.410 e. The van der Waals surface area contributed by atoms with Gasteiger partial charge < -0.3 is 9.64 Å². The summed E-state index contributed by atoms with van der Waals surface area (Å²) in [5.74, 6) is 0.428. The van der Waals surface area contributed by atoms with Crippen LogP contribution in [0.2, 0.25) is 0 Å². The second-order valence-corrected chi connectivity index (χ2v) is 5.94. The van der Waals surface area contributed by atoms with Crippen molar-refractivity contribution >= 4 is 11.9 Å². The number of ether oxygens (including phenoxy) is 1. The minimum absolute atomic E-state index is 0.0972. The molecule has 1 amide bonds. The molecular formula is C13H23NO3. The van der Waals surface area contributed by atoms with Crippen LogP contribution in [0.1, 0.15) is 40.5 Å². The number of hydrogen-bond donors (Lipinski definition) is 0. The van der Waals surface area contributed by atoms with Gasteiger partial charge in [0.2, 0.25) is 0 Å². The number of carbonyl (C=O) groups excluding carboxylic acids is 2. The van der Waals surface area contributed by atoms with E-state index in [2.05, 4.69) is 0 Å². The highest BCUT2D eigenvalue weighted by Gasteiger charge is 2.33. The summed E-state index contributed by atoms with van der Waals surface area (Å²) in [6.07, 6.45) is 1.66. The zero-order chi connectivity index (χ0) is 13.2. The molecule has 0 aromatic carbocycles. The molecule has 1 aliphatic rings. The van der Waals surface area contributed by atoms with Gasteiger partial charge in [-0.05, 0) is 33.6 Å². The Bertz CT molecular complexity index is 302. The first-order valence-electron chi connectivity index (χ1n) is 6.18. The molecule has 0 aromatic rings. The second-order valence-electron chi connectivity index (χ2n) is 5.94. The Labute approximate surface area is 103 Å². The standard InChI is InChI=1S/C13H23NO3/c1-9(11(15)10-6-7-10)8-14(5)12(16)17-13(2,3)4/h9-10H,6-8H2,1-5H3. The predicted molar refractivity (Wildman–Crippen MR) is 65.8 cm³/mol. The number of Topliss-reactive ketones (excluding diaryl/α,β-unsaturated/α-hetero) is 1. The van der Waals surface area contributed by atoms with Crippen LogP contribution in [0, 0.1) is 11.8 Å². The summed E-state index contributed by atoms with van der Waals surface area (Å²) in [4.78, 5) is 24.9. The molecule has 1 rings (SSSR count). The normalized spacial score (nSPS) is 17.5. The lowest BCUT2D eigenvalue weighted by molar-refractivity contribution is -0.123. The molecule has 0 heterocycles. The van der Waals surface area contributed by atoms with E-state index in [-0.39, 0.29) is 23.7 Å². The van der Waals surface area contributed by atoms with Gasteiger partial charge in [-0.3, -0.25) is 4.79 Å². The fourth-order valence-electron chi connectivity index (χ4n) is 1.69. The molecule has 4 nitrogen and oxygen atoms in total. The number of nitrogens with zero attached hydrogens (tertiary/aromatic N) is 1.